The van der Waals surface area contributed by atoms with Crippen molar-refractivity contribution in [3.8, 4) is 5.75 Å². The summed E-state index contributed by atoms with van der Waals surface area (Å²) in [6.07, 6.45) is 0. The van der Waals surface area contributed by atoms with E-state index in [1.54, 1.807) is 0 Å². The summed E-state index contributed by atoms with van der Waals surface area (Å²) >= 11 is 0. The molecule has 0 saturated carbocycles. The van der Waals surface area contributed by atoms with Crippen molar-refractivity contribution in [3.05, 3.63) is 65.7 Å². The Morgan fingerprint density at radius 2 is 1.71 bits per heavy atom. The molecule has 1 N–H and O–H groups in total. The van der Waals surface area contributed by atoms with E-state index < -0.39 is 0 Å². The van der Waals surface area contributed by atoms with E-state index in [1.165, 1.54) is 11.1 Å². The van der Waals surface area contributed by atoms with Crippen molar-refractivity contribution in [2.45, 2.75) is 33.4 Å². The Morgan fingerprint density at radius 1 is 0.952 bits per heavy atom. The topological polar surface area (TPSA) is 21.3 Å². The Kier molecular flexibility index (Phi) is 5.82. The Hall–Kier alpha value is -1.80. The summed E-state index contributed by atoms with van der Waals surface area (Å²) < 4.78 is 5.77. The van der Waals surface area contributed by atoms with E-state index in [0.717, 1.165) is 18.9 Å². The van der Waals surface area contributed by atoms with Crippen LogP contribution in [0.5, 0.6) is 5.75 Å². The van der Waals surface area contributed by atoms with Crippen LogP contribution in [0, 0.1) is 5.92 Å². The molecule has 0 aliphatic heterocycles. The summed E-state index contributed by atoms with van der Waals surface area (Å²) in [7, 11) is 0. The Balaban J connectivity index is 1.89. The van der Waals surface area contributed by atoms with E-state index in [9.17, 15) is 0 Å². The third-order valence-corrected chi connectivity index (χ3v) is 3.39. The maximum absolute atomic E-state index is 5.77. The highest BCUT2D eigenvalue weighted by Crippen LogP contribution is 2.16. The van der Waals surface area contributed by atoms with E-state index in [0.29, 0.717) is 12.0 Å². The maximum Gasteiger partial charge on any atom is 0.119 e. The van der Waals surface area contributed by atoms with Crippen LogP contribution in [-0.4, -0.2) is 6.61 Å². The average molecular weight is 283 g/mol. The molecule has 0 aliphatic rings. The number of hydrogen-bond acceptors (Lipinski definition) is 2. The fourth-order valence-electron chi connectivity index (χ4n) is 2.14. The predicted octanol–water partition coefficient (Wildman–Crippen LogP) is 4.57. The van der Waals surface area contributed by atoms with Crippen molar-refractivity contribution in [2.24, 2.45) is 5.92 Å². The second-order valence-electron chi connectivity index (χ2n) is 5.87. The minimum Gasteiger partial charge on any atom is -0.493 e. The van der Waals surface area contributed by atoms with Crippen molar-refractivity contribution in [1.82, 2.24) is 5.32 Å². The van der Waals surface area contributed by atoms with Gasteiger partial charge in [-0.1, -0.05) is 56.3 Å². The molecule has 0 bridgehead atoms. The van der Waals surface area contributed by atoms with Crippen LogP contribution < -0.4 is 10.1 Å². The summed E-state index contributed by atoms with van der Waals surface area (Å²) in [6, 6.07) is 19.2. The second-order valence-corrected chi connectivity index (χ2v) is 5.87. The van der Waals surface area contributed by atoms with Crippen molar-refractivity contribution in [2.75, 3.05) is 6.61 Å². The highest BCUT2D eigenvalue weighted by atomic mass is 16.5. The third-order valence-electron chi connectivity index (χ3n) is 3.39. The molecular weight excluding hydrogens is 258 g/mol. The standard InChI is InChI=1S/C19H25NO/c1-15(2)14-21-19-11-7-8-17(12-19)13-20-16(3)18-9-5-4-6-10-18/h4-12,15-16,20H,13-14H2,1-3H3. The molecule has 21 heavy (non-hydrogen) atoms. The molecule has 0 amide bonds. The Morgan fingerprint density at radius 3 is 2.43 bits per heavy atom. The zero-order valence-corrected chi connectivity index (χ0v) is 13.2. The maximum atomic E-state index is 5.77. The molecule has 1 unspecified atom stereocenters. The van der Waals surface area contributed by atoms with E-state index >= 15 is 0 Å². The van der Waals surface area contributed by atoms with E-state index in [4.69, 9.17) is 4.74 Å². The first-order chi connectivity index (χ1) is 10.1. The van der Waals surface area contributed by atoms with Gasteiger partial charge in [0.1, 0.15) is 5.75 Å². The zero-order chi connectivity index (χ0) is 15.1. The fourth-order valence-corrected chi connectivity index (χ4v) is 2.14. The number of nitrogens with one attached hydrogen (secondary N) is 1. The fraction of sp³-hybridized carbons (Fsp3) is 0.368. The second kappa shape index (κ2) is 7.84. The molecule has 0 aliphatic carbocycles. The van der Waals surface area contributed by atoms with Gasteiger partial charge >= 0.3 is 0 Å². The Bertz CT molecular complexity index is 536. The zero-order valence-electron chi connectivity index (χ0n) is 13.2. The molecule has 0 radical (unpaired) electrons. The monoisotopic (exact) mass is 283 g/mol. The largest absolute Gasteiger partial charge is 0.493 e. The lowest BCUT2D eigenvalue weighted by atomic mass is 10.1. The van der Waals surface area contributed by atoms with Crippen LogP contribution in [0.1, 0.15) is 37.9 Å². The molecule has 1 atom stereocenters. The van der Waals surface area contributed by atoms with Gasteiger partial charge in [0, 0.05) is 12.6 Å². The summed E-state index contributed by atoms with van der Waals surface area (Å²) in [5, 5.41) is 3.55. The van der Waals surface area contributed by atoms with Gasteiger partial charge in [-0.25, -0.2) is 0 Å². The minimum absolute atomic E-state index is 0.339. The normalized spacial score (nSPS) is 12.4. The van der Waals surface area contributed by atoms with Gasteiger partial charge in [-0.15, -0.1) is 0 Å². The van der Waals surface area contributed by atoms with Crippen LogP contribution in [0.25, 0.3) is 0 Å². The predicted molar refractivity (Wildman–Crippen MR) is 88.5 cm³/mol. The number of rotatable bonds is 7. The van der Waals surface area contributed by atoms with Gasteiger partial charge in [-0.2, -0.15) is 0 Å². The van der Waals surface area contributed by atoms with Crippen molar-refractivity contribution < 1.29 is 4.74 Å². The lowest BCUT2D eigenvalue weighted by Gasteiger charge is -2.15. The van der Waals surface area contributed by atoms with E-state index in [-0.39, 0.29) is 0 Å². The van der Waals surface area contributed by atoms with Gasteiger partial charge in [-0.05, 0) is 36.1 Å². The number of benzene rings is 2. The van der Waals surface area contributed by atoms with Crippen LogP contribution in [0.3, 0.4) is 0 Å². The first kappa shape index (κ1) is 15.6. The molecule has 2 aromatic carbocycles. The molecular formula is C19H25NO. The smallest absolute Gasteiger partial charge is 0.119 e. The van der Waals surface area contributed by atoms with Gasteiger partial charge in [0.2, 0.25) is 0 Å². The van der Waals surface area contributed by atoms with Crippen LogP contribution in [-0.2, 0) is 6.54 Å². The van der Waals surface area contributed by atoms with Gasteiger partial charge < -0.3 is 10.1 Å². The molecule has 0 saturated heterocycles. The van der Waals surface area contributed by atoms with E-state index in [1.807, 2.05) is 12.1 Å². The summed E-state index contributed by atoms with van der Waals surface area (Å²) in [5.74, 6) is 1.50. The minimum atomic E-state index is 0.339. The van der Waals surface area contributed by atoms with Gasteiger partial charge in [0.05, 0.1) is 6.61 Å². The van der Waals surface area contributed by atoms with Crippen LogP contribution in [0.15, 0.2) is 54.6 Å². The van der Waals surface area contributed by atoms with Gasteiger partial charge in [0.25, 0.3) is 0 Å². The van der Waals surface area contributed by atoms with Crippen molar-refractivity contribution in [3.63, 3.8) is 0 Å². The molecule has 0 fully saturated rings. The number of hydrogen-bond donors (Lipinski definition) is 1. The summed E-state index contributed by atoms with van der Waals surface area (Å²) in [4.78, 5) is 0. The molecule has 2 heteroatoms. The van der Waals surface area contributed by atoms with Crippen LogP contribution in [0.4, 0.5) is 0 Å². The third kappa shape index (κ3) is 5.24. The average Bonchev–Trinajstić information content (AvgIpc) is 2.52. The number of ether oxygens (including phenoxy) is 1. The molecule has 0 aromatic heterocycles. The van der Waals surface area contributed by atoms with Crippen molar-refractivity contribution >= 4 is 0 Å². The lowest BCUT2D eigenvalue weighted by Crippen LogP contribution is -2.18. The highest BCUT2D eigenvalue weighted by Gasteiger charge is 2.04. The van der Waals surface area contributed by atoms with E-state index in [2.05, 4.69) is 68.6 Å². The highest BCUT2D eigenvalue weighted by molar-refractivity contribution is 5.28. The van der Waals surface area contributed by atoms with Crippen LogP contribution >= 0.6 is 0 Å². The SMILES string of the molecule is CC(C)COc1cccc(CNC(C)c2ccccc2)c1. The van der Waals surface area contributed by atoms with Crippen molar-refractivity contribution in [1.29, 1.82) is 0 Å². The molecule has 112 valence electrons. The quantitative estimate of drug-likeness (QED) is 0.803. The van der Waals surface area contributed by atoms with Crippen LogP contribution in [0.2, 0.25) is 0 Å². The first-order valence-corrected chi connectivity index (χ1v) is 7.65. The van der Waals surface area contributed by atoms with Gasteiger partial charge in [0.15, 0.2) is 0 Å². The molecule has 2 aromatic rings. The Labute approximate surface area is 128 Å². The first-order valence-electron chi connectivity index (χ1n) is 7.65. The summed E-state index contributed by atoms with van der Waals surface area (Å²) in [6.45, 7) is 8.11. The molecule has 2 rings (SSSR count). The summed E-state index contributed by atoms with van der Waals surface area (Å²) in [5.41, 5.74) is 2.56. The molecule has 2 nitrogen and oxygen atoms in total. The lowest BCUT2D eigenvalue weighted by molar-refractivity contribution is 0.271. The van der Waals surface area contributed by atoms with Gasteiger partial charge in [-0.3, -0.25) is 0 Å². The molecule has 0 heterocycles. The molecule has 0 spiro atoms.